The number of likely N-dealkylation sites (tertiary alicyclic amines) is 1. The Morgan fingerprint density at radius 2 is 1.93 bits per heavy atom. The van der Waals surface area contributed by atoms with Gasteiger partial charge in [0, 0.05) is 25.3 Å². The molecule has 2 amide bonds. The number of piperazine rings is 1. The van der Waals surface area contributed by atoms with Gasteiger partial charge in [-0.05, 0) is 43.8 Å². The van der Waals surface area contributed by atoms with Gasteiger partial charge in [-0.1, -0.05) is 24.3 Å². The molecule has 1 atom stereocenters. The number of hydrogen-bond acceptors (Lipinski definition) is 4. The van der Waals surface area contributed by atoms with Crippen LogP contribution in [-0.2, 0) is 9.59 Å². The van der Waals surface area contributed by atoms with Crippen LogP contribution >= 0.6 is 0 Å². The quantitative estimate of drug-likeness (QED) is 0.794. The van der Waals surface area contributed by atoms with Gasteiger partial charge >= 0.3 is 0 Å². The molecule has 0 aliphatic carbocycles. The van der Waals surface area contributed by atoms with Gasteiger partial charge in [0.05, 0.1) is 12.1 Å². The van der Waals surface area contributed by atoms with Crippen molar-refractivity contribution < 1.29 is 18.7 Å². The molecule has 0 N–H and O–H groups in total. The summed E-state index contributed by atoms with van der Waals surface area (Å²) in [7, 11) is 1.91. The van der Waals surface area contributed by atoms with Gasteiger partial charge in [0.25, 0.3) is 5.91 Å². The zero-order chi connectivity index (χ0) is 20.4. The Morgan fingerprint density at radius 3 is 2.69 bits per heavy atom. The molecular formula is C22H24FN3O3. The summed E-state index contributed by atoms with van der Waals surface area (Å²) in [4.78, 5) is 30.7. The SMILES string of the molecule is CN1CC(=O)N(c2cccc(F)c2)C[C@@]12CCN(C(=O)COc1ccccc1)C2. The standard InChI is InChI=1S/C22H24FN3O3/c1-24-13-20(27)26(18-7-5-6-17(23)12-18)16-22(24)10-11-25(15-22)21(28)14-29-19-8-3-2-4-9-19/h2-9,12H,10-11,13-16H2,1H3/t22-/m0/s1. The summed E-state index contributed by atoms with van der Waals surface area (Å²) in [5.74, 6) is 0.145. The minimum atomic E-state index is -0.371. The second-order valence-electron chi connectivity index (χ2n) is 7.71. The van der Waals surface area contributed by atoms with Crippen LogP contribution in [0.5, 0.6) is 5.75 Å². The lowest BCUT2D eigenvalue weighted by atomic mass is 9.92. The molecule has 2 heterocycles. The molecule has 2 aromatic carbocycles. The van der Waals surface area contributed by atoms with Crippen LogP contribution < -0.4 is 9.64 Å². The predicted octanol–water partition coefficient (Wildman–Crippen LogP) is 2.15. The Morgan fingerprint density at radius 1 is 1.14 bits per heavy atom. The summed E-state index contributed by atoms with van der Waals surface area (Å²) >= 11 is 0. The number of ether oxygens (including phenoxy) is 1. The van der Waals surface area contributed by atoms with Crippen LogP contribution in [0, 0.1) is 5.82 Å². The smallest absolute Gasteiger partial charge is 0.260 e. The maximum atomic E-state index is 13.7. The number of benzene rings is 2. The molecule has 2 aromatic rings. The molecule has 2 aliphatic rings. The van der Waals surface area contributed by atoms with E-state index in [0.29, 0.717) is 31.1 Å². The molecule has 0 radical (unpaired) electrons. The minimum Gasteiger partial charge on any atom is -0.484 e. The third-order valence-corrected chi connectivity index (χ3v) is 5.85. The molecule has 0 unspecified atom stereocenters. The summed E-state index contributed by atoms with van der Waals surface area (Å²) in [5, 5.41) is 0. The fraction of sp³-hybridized carbons (Fsp3) is 0.364. The van der Waals surface area contributed by atoms with Crippen molar-refractivity contribution in [3.05, 3.63) is 60.4 Å². The van der Waals surface area contributed by atoms with E-state index in [1.165, 1.54) is 12.1 Å². The summed E-state index contributed by atoms with van der Waals surface area (Å²) < 4.78 is 19.3. The number of anilines is 1. The molecule has 6 nitrogen and oxygen atoms in total. The number of para-hydroxylation sites is 1. The zero-order valence-electron chi connectivity index (χ0n) is 16.4. The number of carbonyl (C=O) groups is 2. The number of hydrogen-bond donors (Lipinski definition) is 0. The lowest BCUT2D eigenvalue weighted by molar-refractivity contribution is -0.133. The highest BCUT2D eigenvalue weighted by Crippen LogP contribution is 2.33. The van der Waals surface area contributed by atoms with Crippen molar-refractivity contribution in [2.24, 2.45) is 0 Å². The lowest BCUT2D eigenvalue weighted by Crippen LogP contribution is -2.64. The van der Waals surface area contributed by atoms with Crippen molar-refractivity contribution in [1.82, 2.24) is 9.80 Å². The Balaban J connectivity index is 1.44. The Hall–Kier alpha value is -2.93. The van der Waals surface area contributed by atoms with E-state index in [-0.39, 0.29) is 36.3 Å². The molecule has 4 rings (SSSR count). The highest BCUT2D eigenvalue weighted by atomic mass is 19.1. The van der Waals surface area contributed by atoms with Crippen LogP contribution in [0.25, 0.3) is 0 Å². The third-order valence-electron chi connectivity index (χ3n) is 5.85. The maximum Gasteiger partial charge on any atom is 0.260 e. The number of nitrogens with zero attached hydrogens (tertiary/aromatic N) is 3. The summed E-state index contributed by atoms with van der Waals surface area (Å²) in [6.45, 7) is 1.76. The van der Waals surface area contributed by atoms with Gasteiger partial charge in [-0.25, -0.2) is 4.39 Å². The van der Waals surface area contributed by atoms with Crippen LogP contribution in [0.2, 0.25) is 0 Å². The van der Waals surface area contributed by atoms with E-state index in [9.17, 15) is 14.0 Å². The van der Waals surface area contributed by atoms with Crippen molar-refractivity contribution in [3.63, 3.8) is 0 Å². The number of likely N-dealkylation sites (N-methyl/N-ethyl adjacent to an activating group) is 1. The first-order valence-electron chi connectivity index (χ1n) is 9.70. The Kier molecular flexibility index (Phi) is 5.24. The number of carbonyl (C=O) groups excluding carboxylic acids is 2. The fourth-order valence-electron chi connectivity index (χ4n) is 4.10. The molecule has 29 heavy (non-hydrogen) atoms. The average Bonchev–Trinajstić information content (AvgIpc) is 3.15. The van der Waals surface area contributed by atoms with Gasteiger partial charge in [0.1, 0.15) is 11.6 Å². The van der Waals surface area contributed by atoms with E-state index < -0.39 is 0 Å². The van der Waals surface area contributed by atoms with Crippen molar-refractivity contribution in [2.45, 2.75) is 12.0 Å². The molecule has 0 saturated carbocycles. The number of rotatable bonds is 4. The fourth-order valence-corrected chi connectivity index (χ4v) is 4.10. The van der Waals surface area contributed by atoms with E-state index >= 15 is 0 Å². The molecule has 0 aromatic heterocycles. The summed E-state index contributed by atoms with van der Waals surface area (Å²) in [6, 6.07) is 15.3. The first-order chi connectivity index (χ1) is 14.0. The normalized spacial score (nSPS) is 22.3. The first kappa shape index (κ1) is 19.4. The average molecular weight is 397 g/mol. The Bertz CT molecular complexity index is 907. The minimum absolute atomic E-state index is 0.0175. The van der Waals surface area contributed by atoms with Gasteiger partial charge in [0.15, 0.2) is 6.61 Å². The second kappa shape index (κ2) is 7.83. The van der Waals surface area contributed by atoms with E-state index in [2.05, 4.69) is 0 Å². The topological polar surface area (TPSA) is 53.1 Å². The van der Waals surface area contributed by atoms with Crippen molar-refractivity contribution in [1.29, 1.82) is 0 Å². The van der Waals surface area contributed by atoms with E-state index in [1.54, 1.807) is 21.9 Å². The number of halogens is 1. The van der Waals surface area contributed by atoms with Crippen molar-refractivity contribution in [2.75, 3.05) is 44.7 Å². The Labute approximate surface area is 169 Å². The van der Waals surface area contributed by atoms with Gasteiger partial charge in [0.2, 0.25) is 5.91 Å². The molecule has 7 heteroatoms. The maximum absolute atomic E-state index is 13.7. The summed E-state index contributed by atoms with van der Waals surface area (Å²) in [5.41, 5.74) is 0.211. The zero-order valence-corrected chi connectivity index (χ0v) is 16.4. The van der Waals surface area contributed by atoms with Gasteiger partial charge in [-0.2, -0.15) is 0 Å². The molecule has 2 fully saturated rings. The van der Waals surface area contributed by atoms with Crippen LogP contribution in [0.15, 0.2) is 54.6 Å². The highest BCUT2D eigenvalue weighted by Gasteiger charge is 2.48. The highest BCUT2D eigenvalue weighted by molar-refractivity contribution is 5.96. The van der Waals surface area contributed by atoms with Crippen molar-refractivity contribution in [3.8, 4) is 5.75 Å². The monoisotopic (exact) mass is 397 g/mol. The molecular weight excluding hydrogens is 373 g/mol. The molecule has 152 valence electrons. The first-order valence-corrected chi connectivity index (χ1v) is 9.70. The van der Waals surface area contributed by atoms with E-state index in [1.807, 2.05) is 42.3 Å². The van der Waals surface area contributed by atoms with Gasteiger partial charge in [-0.3, -0.25) is 14.5 Å². The molecule has 0 bridgehead atoms. The van der Waals surface area contributed by atoms with Gasteiger partial charge < -0.3 is 14.5 Å². The van der Waals surface area contributed by atoms with Gasteiger partial charge in [-0.15, -0.1) is 0 Å². The molecule has 1 spiro atoms. The van der Waals surface area contributed by atoms with Crippen LogP contribution in [0.3, 0.4) is 0 Å². The van der Waals surface area contributed by atoms with Crippen LogP contribution in [0.4, 0.5) is 10.1 Å². The van der Waals surface area contributed by atoms with Crippen LogP contribution in [0.1, 0.15) is 6.42 Å². The molecule has 2 saturated heterocycles. The van der Waals surface area contributed by atoms with E-state index in [4.69, 9.17) is 4.74 Å². The largest absolute Gasteiger partial charge is 0.484 e. The lowest BCUT2D eigenvalue weighted by Gasteiger charge is -2.46. The summed E-state index contributed by atoms with van der Waals surface area (Å²) in [6.07, 6.45) is 0.750. The third kappa shape index (κ3) is 3.96. The number of amides is 2. The van der Waals surface area contributed by atoms with E-state index in [0.717, 1.165) is 6.42 Å². The second-order valence-corrected chi connectivity index (χ2v) is 7.71. The predicted molar refractivity (Wildman–Crippen MR) is 107 cm³/mol. The molecule has 2 aliphatic heterocycles. The van der Waals surface area contributed by atoms with Crippen molar-refractivity contribution >= 4 is 17.5 Å². The van der Waals surface area contributed by atoms with Crippen LogP contribution in [-0.4, -0.2) is 67.0 Å².